The molecule has 0 radical (unpaired) electrons. The van der Waals surface area contributed by atoms with Crippen LogP contribution < -0.4 is 0 Å². The number of hydrogen-bond donors (Lipinski definition) is 0. The maximum atomic E-state index is 10.7. The van der Waals surface area contributed by atoms with Crippen molar-refractivity contribution in [2.75, 3.05) is 13.1 Å². The zero-order valence-electron chi connectivity index (χ0n) is 9.09. The van der Waals surface area contributed by atoms with Crippen LogP contribution in [-0.4, -0.2) is 34.0 Å². The maximum Gasteiger partial charge on any atom is 0.209 e. The second-order valence-electron chi connectivity index (χ2n) is 4.24. The quantitative estimate of drug-likeness (QED) is 0.695. The molecule has 1 aromatic heterocycles. The normalized spacial score (nSPS) is 21.7. The molecule has 0 saturated carbocycles. The molecule has 2 rings (SSSR count). The van der Waals surface area contributed by atoms with Crippen LogP contribution >= 0.6 is 0 Å². The van der Waals surface area contributed by atoms with Crippen molar-refractivity contribution >= 4 is 6.41 Å². The molecular weight excluding hydrogens is 190 g/mol. The van der Waals surface area contributed by atoms with Gasteiger partial charge in [0, 0.05) is 32.0 Å². The van der Waals surface area contributed by atoms with Crippen LogP contribution in [-0.2, 0) is 11.3 Å². The van der Waals surface area contributed by atoms with Gasteiger partial charge in [0.1, 0.15) is 5.82 Å². The molecule has 0 bridgehead atoms. The van der Waals surface area contributed by atoms with Gasteiger partial charge in [-0.05, 0) is 25.7 Å². The number of carbonyl (C=O) groups excluding carboxylic acids is 1. The number of rotatable bonds is 3. The summed E-state index contributed by atoms with van der Waals surface area (Å²) < 4.78 is 2.17. The molecule has 4 heteroatoms. The van der Waals surface area contributed by atoms with Crippen LogP contribution in [0.5, 0.6) is 0 Å². The third-order valence-electron chi connectivity index (χ3n) is 3.08. The number of hydrogen-bond acceptors (Lipinski definition) is 2. The van der Waals surface area contributed by atoms with E-state index in [1.165, 1.54) is 6.42 Å². The Kier molecular flexibility index (Phi) is 3.04. The first-order valence-corrected chi connectivity index (χ1v) is 5.46. The second kappa shape index (κ2) is 4.47. The summed E-state index contributed by atoms with van der Waals surface area (Å²) in [6.45, 7) is 4.81. The van der Waals surface area contributed by atoms with Gasteiger partial charge in [0.05, 0.1) is 0 Å². The SMILES string of the molecule is Cc1nccn1C[C@@H]1CCCN(C=O)C1. The minimum Gasteiger partial charge on any atom is -0.345 e. The average molecular weight is 207 g/mol. The Balaban J connectivity index is 1.94. The van der Waals surface area contributed by atoms with Crippen molar-refractivity contribution in [2.45, 2.75) is 26.3 Å². The number of nitrogens with zero attached hydrogens (tertiary/aromatic N) is 3. The number of likely N-dealkylation sites (tertiary alicyclic amines) is 1. The molecule has 1 atom stereocenters. The van der Waals surface area contributed by atoms with E-state index in [4.69, 9.17) is 0 Å². The third kappa shape index (κ3) is 2.37. The van der Waals surface area contributed by atoms with Crippen LogP contribution in [0.2, 0.25) is 0 Å². The highest BCUT2D eigenvalue weighted by atomic mass is 16.1. The lowest BCUT2D eigenvalue weighted by atomic mass is 9.98. The lowest BCUT2D eigenvalue weighted by molar-refractivity contribution is -0.119. The standard InChI is InChI=1S/C11H17N3O/c1-10-12-4-6-14(10)8-11-3-2-5-13(7-11)9-15/h4,6,9,11H,2-3,5,7-8H2,1H3/t11-/m1/s1. The Labute approximate surface area is 89.9 Å². The van der Waals surface area contributed by atoms with Crippen LogP contribution in [0, 0.1) is 12.8 Å². The number of imidazole rings is 1. The summed E-state index contributed by atoms with van der Waals surface area (Å²) in [6, 6.07) is 0. The minimum absolute atomic E-state index is 0.580. The predicted molar refractivity (Wildman–Crippen MR) is 57.3 cm³/mol. The highest BCUT2D eigenvalue weighted by Gasteiger charge is 2.19. The fourth-order valence-corrected chi connectivity index (χ4v) is 2.22. The van der Waals surface area contributed by atoms with E-state index < -0.39 is 0 Å². The molecule has 1 fully saturated rings. The number of aryl methyl sites for hydroxylation is 1. The van der Waals surface area contributed by atoms with Gasteiger partial charge in [0.15, 0.2) is 0 Å². The van der Waals surface area contributed by atoms with Crippen LogP contribution in [0.1, 0.15) is 18.7 Å². The van der Waals surface area contributed by atoms with Gasteiger partial charge < -0.3 is 9.47 Å². The van der Waals surface area contributed by atoms with Crippen LogP contribution in [0.4, 0.5) is 0 Å². The van der Waals surface area contributed by atoms with Gasteiger partial charge in [0.2, 0.25) is 6.41 Å². The largest absolute Gasteiger partial charge is 0.345 e. The molecule has 2 heterocycles. The monoisotopic (exact) mass is 207 g/mol. The van der Waals surface area contributed by atoms with Gasteiger partial charge in [-0.2, -0.15) is 0 Å². The van der Waals surface area contributed by atoms with Crippen molar-refractivity contribution in [3.8, 4) is 0 Å². The first-order chi connectivity index (χ1) is 7.29. The lowest BCUT2D eigenvalue weighted by Gasteiger charge is -2.30. The summed E-state index contributed by atoms with van der Waals surface area (Å²) in [5.74, 6) is 1.63. The van der Waals surface area contributed by atoms with Gasteiger partial charge in [-0.1, -0.05) is 0 Å². The number of piperidine rings is 1. The summed E-state index contributed by atoms with van der Waals surface area (Å²) in [7, 11) is 0. The van der Waals surface area contributed by atoms with E-state index in [9.17, 15) is 4.79 Å². The van der Waals surface area contributed by atoms with Gasteiger partial charge in [0.25, 0.3) is 0 Å². The minimum atomic E-state index is 0.580. The molecule has 4 nitrogen and oxygen atoms in total. The molecule has 0 aromatic carbocycles. The van der Waals surface area contributed by atoms with Gasteiger partial charge in [-0.15, -0.1) is 0 Å². The molecule has 15 heavy (non-hydrogen) atoms. The Bertz CT molecular complexity index is 334. The molecule has 1 aliphatic rings. The molecule has 0 unspecified atom stereocenters. The summed E-state index contributed by atoms with van der Waals surface area (Å²) in [6.07, 6.45) is 7.14. The summed E-state index contributed by atoms with van der Waals surface area (Å²) in [5, 5.41) is 0. The number of carbonyl (C=O) groups is 1. The van der Waals surface area contributed by atoms with E-state index in [0.717, 1.165) is 38.3 Å². The summed E-state index contributed by atoms with van der Waals surface area (Å²) in [4.78, 5) is 16.8. The Morgan fingerprint density at radius 2 is 2.53 bits per heavy atom. The molecule has 82 valence electrons. The first kappa shape index (κ1) is 10.2. The molecule has 0 aliphatic carbocycles. The average Bonchev–Trinajstić information content (AvgIpc) is 2.65. The lowest BCUT2D eigenvalue weighted by Crippen LogP contribution is -2.36. The molecule has 1 amide bonds. The van der Waals surface area contributed by atoms with E-state index in [1.807, 2.05) is 24.2 Å². The third-order valence-corrected chi connectivity index (χ3v) is 3.08. The van der Waals surface area contributed by atoms with E-state index in [1.54, 1.807) is 0 Å². The van der Waals surface area contributed by atoms with Crippen molar-refractivity contribution < 1.29 is 4.79 Å². The molecule has 1 aliphatic heterocycles. The molecule has 1 saturated heterocycles. The van der Waals surface area contributed by atoms with Crippen LogP contribution in [0.15, 0.2) is 12.4 Å². The van der Waals surface area contributed by atoms with E-state index in [2.05, 4.69) is 9.55 Å². The Morgan fingerprint density at radius 1 is 1.67 bits per heavy atom. The summed E-state index contributed by atoms with van der Waals surface area (Å²) >= 11 is 0. The van der Waals surface area contributed by atoms with Crippen LogP contribution in [0.25, 0.3) is 0 Å². The fourth-order valence-electron chi connectivity index (χ4n) is 2.22. The van der Waals surface area contributed by atoms with Crippen molar-refractivity contribution in [3.05, 3.63) is 18.2 Å². The molecular formula is C11H17N3O. The fraction of sp³-hybridized carbons (Fsp3) is 0.636. The van der Waals surface area contributed by atoms with E-state index in [-0.39, 0.29) is 0 Å². The van der Waals surface area contributed by atoms with Crippen molar-refractivity contribution in [2.24, 2.45) is 5.92 Å². The van der Waals surface area contributed by atoms with E-state index >= 15 is 0 Å². The number of aromatic nitrogens is 2. The first-order valence-electron chi connectivity index (χ1n) is 5.46. The summed E-state index contributed by atoms with van der Waals surface area (Å²) in [5.41, 5.74) is 0. The second-order valence-corrected chi connectivity index (χ2v) is 4.24. The highest BCUT2D eigenvalue weighted by Crippen LogP contribution is 2.17. The van der Waals surface area contributed by atoms with Crippen molar-refractivity contribution in [3.63, 3.8) is 0 Å². The molecule has 0 N–H and O–H groups in total. The Morgan fingerprint density at radius 3 is 3.20 bits per heavy atom. The number of amides is 1. The van der Waals surface area contributed by atoms with Crippen LogP contribution in [0.3, 0.4) is 0 Å². The highest BCUT2D eigenvalue weighted by molar-refractivity contribution is 5.47. The van der Waals surface area contributed by atoms with Gasteiger partial charge in [-0.25, -0.2) is 4.98 Å². The maximum absolute atomic E-state index is 10.7. The van der Waals surface area contributed by atoms with Crippen molar-refractivity contribution in [1.82, 2.24) is 14.5 Å². The topological polar surface area (TPSA) is 38.1 Å². The molecule has 0 spiro atoms. The predicted octanol–water partition coefficient (Wildman–Crippen LogP) is 1.06. The van der Waals surface area contributed by atoms with Gasteiger partial charge in [-0.3, -0.25) is 4.79 Å². The zero-order chi connectivity index (χ0) is 10.7. The Hall–Kier alpha value is -1.32. The molecule has 1 aromatic rings. The van der Waals surface area contributed by atoms with Crippen molar-refractivity contribution in [1.29, 1.82) is 0 Å². The smallest absolute Gasteiger partial charge is 0.209 e. The zero-order valence-corrected chi connectivity index (χ0v) is 9.09. The van der Waals surface area contributed by atoms with E-state index in [0.29, 0.717) is 5.92 Å². The van der Waals surface area contributed by atoms with Gasteiger partial charge >= 0.3 is 0 Å².